The lowest BCUT2D eigenvalue weighted by atomic mass is 10.1. The van der Waals surface area contributed by atoms with E-state index in [1.54, 1.807) is 0 Å². The molecule has 4 nitrogen and oxygen atoms in total. The van der Waals surface area contributed by atoms with Crippen LogP contribution >= 0.6 is 15.9 Å². The normalized spacial score (nSPS) is 10.1. The summed E-state index contributed by atoms with van der Waals surface area (Å²) >= 11 is 3.34. The van der Waals surface area contributed by atoms with Crippen molar-refractivity contribution in [2.24, 2.45) is 0 Å². The van der Waals surface area contributed by atoms with E-state index in [0.29, 0.717) is 5.69 Å². The van der Waals surface area contributed by atoms with Crippen molar-refractivity contribution in [3.8, 4) is 17.0 Å². The van der Waals surface area contributed by atoms with Crippen LogP contribution in [-0.4, -0.2) is 23.2 Å². The van der Waals surface area contributed by atoms with Crippen molar-refractivity contribution in [2.45, 2.75) is 0 Å². The zero-order valence-corrected chi connectivity index (χ0v) is 11.1. The van der Waals surface area contributed by atoms with E-state index in [9.17, 15) is 4.79 Å². The third-order valence-corrected chi connectivity index (χ3v) is 2.99. The number of pyridine rings is 1. The van der Waals surface area contributed by atoms with E-state index >= 15 is 0 Å². The summed E-state index contributed by atoms with van der Waals surface area (Å²) in [4.78, 5) is 15.3. The molecule has 18 heavy (non-hydrogen) atoms. The minimum Gasteiger partial charge on any atom is -0.494 e. The zero-order chi connectivity index (χ0) is 13.1. The van der Waals surface area contributed by atoms with Crippen LogP contribution in [0.4, 0.5) is 0 Å². The zero-order valence-electron chi connectivity index (χ0n) is 9.55. The first-order valence-electron chi connectivity index (χ1n) is 5.15. The third kappa shape index (κ3) is 2.51. The lowest BCUT2D eigenvalue weighted by Gasteiger charge is -2.07. The van der Waals surface area contributed by atoms with Gasteiger partial charge in [0.25, 0.3) is 0 Å². The quantitative estimate of drug-likeness (QED) is 0.946. The Bertz CT molecular complexity index is 581. The number of methoxy groups -OCH3 is 1. The van der Waals surface area contributed by atoms with E-state index in [1.165, 1.54) is 19.4 Å². The van der Waals surface area contributed by atoms with Crippen molar-refractivity contribution in [2.75, 3.05) is 7.11 Å². The lowest BCUT2D eigenvalue weighted by Crippen LogP contribution is -2.02. The highest BCUT2D eigenvalue weighted by molar-refractivity contribution is 9.10. The number of rotatable bonds is 3. The van der Waals surface area contributed by atoms with Crippen LogP contribution in [0.15, 0.2) is 41.0 Å². The topological polar surface area (TPSA) is 59.4 Å². The molecule has 0 spiro atoms. The smallest absolute Gasteiger partial charge is 0.339 e. The molecule has 0 amide bonds. The fourth-order valence-electron chi connectivity index (χ4n) is 1.55. The van der Waals surface area contributed by atoms with Gasteiger partial charge in [0.15, 0.2) is 5.75 Å². The van der Waals surface area contributed by atoms with E-state index in [-0.39, 0.29) is 11.3 Å². The first-order chi connectivity index (χ1) is 8.61. The molecule has 5 heteroatoms. The predicted molar refractivity (Wildman–Crippen MR) is 70.9 cm³/mol. The molecule has 0 saturated carbocycles. The monoisotopic (exact) mass is 307 g/mol. The number of aromatic carboxylic acids is 1. The molecule has 0 fully saturated rings. The van der Waals surface area contributed by atoms with Gasteiger partial charge in [0.1, 0.15) is 5.56 Å². The van der Waals surface area contributed by atoms with Crippen LogP contribution in [0.3, 0.4) is 0 Å². The maximum absolute atomic E-state index is 11.1. The van der Waals surface area contributed by atoms with Crippen LogP contribution in [0.25, 0.3) is 11.3 Å². The lowest BCUT2D eigenvalue weighted by molar-refractivity contribution is 0.0693. The Balaban J connectivity index is 2.49. The average molecular weight is 308 g/mol. The number of carboxylic acid groups (broad SMARTS) is 1. The van der Waals surface area contributed by atoms with Crippen molar-refractivity contribution in [1.29, 1.82) is 0 Å². The summed E-state index contributed by atoms with van der Waals surface area (Å²) in [6, 6.07) is 8.99. The fraction of sp³-hybridized carbons (Fsp3) is 0.0769. The Morgan fingerprint density at radius 3 is 2.56 bits per heavy atom. The Morgan fingerprint density at radius 1 is 1.33 bits per heavy atom. The van der Waals surface area contributed by atoms with Gasteiger partial charge in [-0.25, -0.2) is 4.79 Å². The van der Waals surface area contributed by atoms with Crippen molar-refractivity contribution in [1.82, 2.24) is 4.98 Å². The second-order valence-corrected chi connectivity index (χ2v) is 4.50. The number of carboxylic acids is 1. The Morgan fingerprint density at radius 2 is 2.00 bits per heavy atom. The van der Waals surface area contributed by atoms with Gasteiger partial charge in [0.05, 0.1) is 19.0 Å². The molecule has 1 aromatic carbocycles. The van der Waals surface area contributed by atoms with Crippen molar-refractivity contribution in [3.05, 3.63) is 46.6 Å². The number of hydrogen-bond donors (Lipinski definition) is 1. The Hall–Kier alpha value is -1.88. The second-order valence-electron chi connectivity index (χ2n) is 3.58. The molecule has 1 aromatic heterocycles. The molecule has 0 saturated heterocycles. The van der Waals surface area contributed by atoms with Crippen LogP contribution in [0, 0.1) is 0 Å². The van der Waals surface area contributed by atoms with Crippen LogP contribution in [0.1, 0.15) is 10.4 Å². The average Bonchev–Trinajstić information content (AvgIpc) is 2.39. The standard InChI is InChI=1S/C13H10BrNO3/c1-18-12-7-15-11(6-10(12)13(16)17)8-2-4-9(14)5-3-8/h2-7H,1H3,(H,16,17). The highest BCUT2D eigenvalue weighted by Crippen LogP contribution is 2.25. The number of nitrogens with zero attached hydrogens (tertiary/aromatic N) is 1. The molecule has 0 aliphatic heterocycles. The summed E-state index contributed by atoms with van der Waals surface area (Å²) in [6.45, 7) is 0. The van der Waals surface area contributed by atoms with Crippen LogP contribution in [-0.2, 0) is 0 Å². The van der Waals surface area contributed by atoms with E-state index in [1.807, 2.05) is 24.3 Å². The Labute approximate surface area is 112 Å². The second kappa shape index (κ2) is 5.18. The fourth-order valence-corrected chi connectivity index (χ4v) is 1.82. The van der Waals surface area contributed by atoms with Gasteiger partial charge in [-0.1, -0.05) is 28.1 Å². The molecule has 92 valence electrons. The highest BCUT2D eigenvalue weighted by Gasteiger charge is 2.13. The van der Waals surface area contributed by atoms with Gasteiger partial charge in [0, 0.05) is 10.0 Å². The van der Waals surface area contributed by atoms with Gasteiger partial charge >= 0.3 is 5.97 Å². The predicted octanol–water partition coefficient (Wildman–Crippen LogP) is 3.22. The molecule has 2 rings (SSSR count). The third-order valence-electron chi connectivity index (χ3n) is 2.46. The number of carbonyl (C=O) groups is 1. The van der Waals surface area contributed by atoms with E-state index in [0.717, 1.165) is 10.0 Å². The van der Waals surface area contributed by atoms with Crippen molar-refractivity contribution < 1.29 is 14.6 Å². The highest BCUT2D eigenvalue weighted by atomic mass is 79.9. The van der Waals surface area contributed by atoms with E-state index < -0.39 is 5.97 Å². The van der Waals surface area contributed by atoms with Gasteiger partial charge < -0.3 is 9.84 Å². The summed E-state index contributed by atoms with van der Waals surface area (Å²) in [5.41, 5.74) is 1.55. The first kappa shape index (κ1) is 12.6. The number of halogens is 1. The number of aromatic nitrogens is 1. The summed E-state index contributed by atoms with van der Waals surface area (Å²) in [6.07, 6.45) is 1.42. The number of benzene rings is 1. The molecule has 0 aliphatic carbocycles. The van der Waals surface area contributed by atoms with Gasteiger partial charge in [-0.15, -0.1) is 0 Å². The van der Waals surface area contributed by atoms with Gasteiger partial charge in [-0.3, -0.25) is 4.98 Å². The minimum absolute atomic E-state index is 0.102. The molecule has 0 radical (unpaired) electrons. The molecule has 2 aromatic rings. The maximum Gasteiger partial charge on any atom is 0.339 e. The summed E-state index contributed by atoms with van der Waals surface area (Å²) in [5.74, 6) is -0.782. The minimum atomic E-state index is -1.03. The number of ether oxygens (including phenoxy) is 1. The molecule has 0 unspecified atom stereocenters. The van der Waals surface area contributed by atoms with Crippen molar-refractivity contribution >= 4 is 21.9 Å². The molecular formula is C13H10BrNO3. The molecule has 0 bridgehead atoms. The molecule has 0 aliphatic rings. The van der Waals surface area contributed by atoms with Crippen LogP contribution < -0.4 is 4.74 Å². The molecular weight excluding hydrogens is 298 g/mol. The maximum atomic E-state index is 11.1. The molecule has 1 heterocycles. The van der Waals surface area contributed by atoms with Crippen LogP contribution in [0.5, 0.6) is 5.75 Å². The largest absolute Gasteiger partial charge is 0.494 e. The van der Waals surface area contributed by atoms with E-state index in [4.69, 9.17) is 9.84 Å². The van der Waals surface area contributed by atoms with Crippen LogP contribution in [0.2, 0.25) is 0 Å². The first-order valence-corrected chi connectivity index (χ1v) is 5.94. The van der Waals surface area contributed by atoms with Gasteiger partial charge in [0.2, 0.25) is 0 Å². The SMILES string of the molecule is COc1cnc(-c2ccc(Br)cc2)cc1C(=O)O. The Kier molecular flexibility index (Phi) is 3.62. The molecule has 0 atom stereocenters. The number of hydrogen-bond acceptors (Lipinski definition) is 3. The summed E-state index contributed by atoms with van der Waals surface area (Å²) in [7, 11) is 1.42. The summed E-state index contributed by atoms with van der Waals surface area (Å²) < 4.78 is 5.92. The van der Waals surface area contributed by atoms with Gasteiger partial charge in [-0.2, -0.15) is 0 Å². The van der Waals surface area contributed by atoms with Gasteiger partial charge in [-0.05, 0) is 18.2 Å². The molecule has 1 N–H and O–H groups in total. The van der Waals surface area contributed by atoms with Crippen molar-refractivity contribution in [3.63, 3.8) is 0 Å². The summed E-state index contributed by atoms with van der Waals surface area (Å²) in [5, 5.41) is 9.10. The van der Waals surface area contributed by atoms with E-state index in [2.05, 4.69) is 20.9 Å².